The first-order valence-electron chi connectivity index (χ1n) is 7.83. The Morgan fingerprint density at radius 3 is 2.96 bits per heavy atom. The molecule has 0 aromatic carbocycles. The quantitative estimate of drug-likeness (QED) is 0.833. The fraction of sp³-hybridized carbons (Fsp3) is 0.562. The zero-order valence-electron chi connectivity index (χ0n) is 13.3. The topological polar surface area (TPSA) is 84.7 Å². The van der Waals surface area contributed by atoms with Gasteiger partial charge in [0.15, 0.2) is 5.82 Å². The van der Waals surface area contributed by atoms with Crippen molar-refractivity contribution in [2.24, 2.45) is 11.8 Å². The second-order valence-corrected chi connectivity index (χ2v) is 6.78. The van der Waals surface area contributed by atoms with E-state index in [2.05, 4.69) is 10.5 Å². The zero-order valence-corrected chi connectivity index (χ0v) is 13.3. The highest BCUT2D eigenvalue weighted by Gasteiger charge is 2.67. The molecule has 122 valence electrons. The molecule has 4 atom stereocenters. The van der Waals surface area contributed by atoms with E-state index in [1.54, 1.807) is 17.9 Å². The molecule has 0 radical (unpaired) electrons. The number of rotatable bonds is 3. The van der Waals surface area contributed by atoms with E-state index < -0.39 is 17.4 Å². The molecule has 2 amide bonds. The van der Waals surface area contributed by atoms with Gasteiger partial charge in [0.05, 0.1) is 24.5 Å². The third kappa shape index (κ3) is 1.96. The third-order valence-corrected chi connectivity index (χ3v) is 4.73. The molecule has 3 aliphatic heterocycles. The van der Waals surface area contributed by atoms with Crippen LogP contribution < -0.4 is 10.2 Å². The Hall–Kier alpha value is -2.15. The molecule has 1 aromatic heterocycles. The molecule has 1 spiro atoms. The van der Waals surface area contributed by atoms with Gasteiger partial charge in [-0.15, -0.1) is 0 Å². The van der Waals surface area contributed by atoms with Crippen LogP contribution in [0.3, 0.4) is 0 Å². The Morgan fingerprint density at radius 1 is 1.52 bits per heavy atom. The molecule has 4 rings (SSSR count). The van der Waals surface area contributed by atoms with Gasteiger partial charge in [0.2, 0.25) is 11.8 Å². The second kappa shape index (κ2) is 4.67. The minimum atomic E-state index is -0.729. The van der Waals surface area contributed by atoms with Crippen molar-refractivity contribution in [3.8, 4) is 0 Å². The van der Waals surface area contributed by atoms with E-state index in [0.717, 1.165) is 0 Å². The highest BCUT2D eigenvalue weighted by molar-refractivity contribution is 6.02. The molecule has 3 aliphatic rings. The number of hydrogen-bond donors (Lipinski definition) is 1. The van der Waals surface area contributed by atoms with Crippen LogP contribution in [0.15, 0.2) is 22.7 Å². The van der Waals surface area contributed by atoms with Crippen molar-refractivity contribution in [1.82, 2.24) is 10.5 Å². The van der Waals surface area contributed by atoms with Crippen molar-refractivity contribution in [2.75, 3.05) is 11.4 Å². The number of ether oxygens (including phenoxy) is 1. The van der Waals surface area contributed by atoms with E-state index in [4.69, 9.17) is 9.26 Å². The average molecular weight is 317 g/mol. The normalized spacial score (nSPS) is 34.5. The molecular formula is C16H19N3O4. The molecule has 7 nitrogen and oxygen atoms in total. The lowest BCUT2D eigenvalue weighted by molar-refractivity contribution is -0.132. The Balaban J connectivity index is 1.67. The number of carbonyl (C=O) groups is 2. The van der Waals surface area contributed by atoms with E-state index in [1.807, 2.05) is 26.0 Å². The van der Waals surface area contributed by atoms with Gasteiger partial charge in [-0.1, -0.05) is 17.3 Å². The lowest BCUT2D eigenvalue weighted by Crippen LogP contribution is -2.45. The first-order valence-corrected chi connectivity index (χ1v) is 7.83. The van der Waals surface area contributed by atoms with Gasteiger partial charge in [0, 0.05) is 12.1 Å². The van der Waals surface area contributed by atoms with Crippen LogP contribution in [0.5, 0.6) is 0 Å². The van der Waals surface area contributed by atoms with Gasteiger partial charge in [0.1, 0.15) is 11.4 Å². The summed E-state index contributed by atoms with van der Waals surface area (Å²) in [6, 6.07) is 1.74. The van der Waals surface area contributed by atoms with E-state index >= 15 is 0 Å². The van der Waals surface area contributed by atoms with Crippen molar-refractivity contribution in [2.45, 2.75) is 38.5 Å². The van der Waals surface area contributed by atoms with Gasteiger partial charge in [0.25, 0.3) is 0 Å². The highest BCUT2D eigenvalue weighted by Crippen LogP contribution is 2.52. The summed E-state index contributed by atoms with van der Waals surface area (Å²) in [5.41, 5.74) is -0.729. The van der Waals surface area contributed by atoms with Gasteiger partial charge in [-0.25, -0.2) is 0 Å². The summed E-state index contributed by atoms with van der Waals surface area (Å²) in [7, 11) is 0. The van der Waals surface area contributed by atoms with Crippen LogP contribution in [-0.2, 0) is 14.3 Å². The Kier molecular flexibility index (Phi) is 2.93. The minimum Gasteiger partial charge on any atom is -0.360 e. The predicted molar refractivity (Wildman–Crippen MR) is 80.6 cm³/mol. The summed E-state index contributed by atoms with van der Waals surface area (Å²) in [4.78, 5) is 27.0. The van der Waals surface area contributed by atoms with Crippen LogP contribution in [0.25, 0.3) is 0 Å². The molecular weight excluding hydrogens is 298 g/mol. The summed E-state index contributed by atoms with van der Waals surface area (Å²) in [5.74, 6) is -0.153. The highest BCUT2D eigenvalue weighted by atomic mass is 16.5. The molecule has 4 heterocycles. The number of carbonyl (C=O) groups excluding carboxylic acids is 2. The van der Waals surface area contributed by atoms with E-state index in [-0.39, 0.29) is 24.0 Å². The molecule has 2 saturated heterocycles. The number of fused-ring (bicyclic) bond motifs is 1. The van der Waals surface area contributed by atoms with Crippen LogP contribution in [0.2, 0.25) is 0 Å². The maximum absolute atomic E-state index is 12.9. The molecule has 7 heteroatoms. The van der Waals surface area contributed by atoms with Gasteiger partial charge in [-0.3, -0.25) is 14.5 Å². The van der Waals surface area contributed by atoms with Crippen molar-refractivity contribution in [3.05, 3.63) is 24.0 Å². The maximum Gasteiger partial charge on any atom is 0.235 e. The summed E-state index contributed by atoms with van der Waals surface area (Å²) >= 11 is 0. The summed E-state index contributed by atoms with van der Waals surface area (Å²) in [6.07, 6.45) is 3.49. The van der Waals surface area contributed by atoms with Crippen LogP contribution in [-0.4, -0.2) is 41.3 Å². The first kappa shape index (κ1) is 14.4. The second-order valence-electron chi connectivity index (χ2n) is 6.78. The van der Waals surface area contributed by atoms with Gasteiger partial charge in [-0.2, -0.15) is 0 Å². The monoisotopic (exact) mass is 317 g/mol. The SMILES string of the molecule is Cc1cc(N2C[C@]34C=C[C@@H](O3)[C@@H](C(=O)NC(C)C)[C@@H]4C2=O)no1. The zero-order chi connectivity index (χ0) is 16.4. The number of nitrogens with one attached hydrogen (secondary N) is 1. The summed E-state index contributed by atoms with van der Waals surface area (Å²) in [5, 5.41) is 6.82. The lowest BCUT2D eigenvalue weighted by atomic mass is 9.76. The Morgan fingerprint density at radius 2 is 2.30 bits per heavy atom. The lowest BCUT2D eigenvalue weighted by Gasteiger charge is -2.24. The number of anilines is 1. The standard InChI is InChI=1S/C16H19N3O4/c1-8(2)17-14(20)12-10-4-5-16(22-10)7-19(15(21)13(12)16)11-6-9(3)23-18-11/h4-6,8,10,12-13H,7H2,1-3H3,(H,17,20)/t10-,12-,13-,16+/m1/s1. The van der Waals surface area contributed by atoms with Gasteiger partial charge < -0.3 is 14.6 Å². The third-order valence-electron chi connectivity index (χ3n) is 4.73. The molecule has 2 bridgehead atoms. The van der Waals surface area contributed by atoms with Crippen molar-refractivity contribution < 1.29 is 18.8 Å². The predicted octanol–water partition coefficient (Wildman–Crippen LogP) is 0.794. The van der Waals surface area contributed by atoms with Crippen LogP contribution in [0.1, 0.15) is 19.6 Å². The molecule has 0 aliphatic carbocycles. The summed E-state index contributed by atoms with van der Waals surface area (Å²) in [6.45, 7) is 5.94. The maximum atomic E-state index is 12.9. The van der Waals surface area contributed by atoms with Crippen molar-refractivity contribution in [3.63, 3.8) is 0 Å². The van der Waals surface area contributed by atoms with Crippen LogP contribution >= 0.6 is 0 Å². The smallest absolute Gasteiger partial charge is 0.235 e. The van der Waals surface area contributed by atoms with E-state index in [1.165, 1.54) is 0 Å². The van der Waals surface area contributed by atoms with Gasteiger partial charge in [-0.05, 0) is 20.8 Å². The molecule has 1 aromatic rings. The van der Waals surface area contributed by atoms with Crippen LogP contribution in [0, 0.1) is 18.8 Å². The Labute approximate surface area is 133 Å². The average Bonchev–Trinajstić information content (AvgIpc) is 3.19. The van der Waals surface area contributed by atoms with Crippen molar-refractivity contribution in [1.29, 1.82) is 0 Å². The Bertz CT molecular complexity index is 710. The molecule has 0 saturated carbocycles. The summed E-state index contributed by atoms with van der Waals surface area (Å²) < 4.78 is 11.1. The van der Waals surface area contributed by atoms with E-state index in [0.29, 0.717) is 18.1 Å². The fourth-order valence-corrected chi connectivity index (χ4v) is 3.85. The fourth-order valence-electron chi connectivity index (χ4n) is 3.85. The number of aromatic nitrogens is 1. The molecule has 2 fully saturated rings. The molecule has 1 N–H and O–H groups in total. The van der Waals surface area contributed by atoms with E-state index in [9.17, 15) is 9.59 Å². The first-order chi connectivity index (χ1) is 10.9. The number of aryl methyl sites for hydroxylation is 1. The molecule has 0 unspecified atom stereocenters. The van der Waals surface area contributed by atoms with Gasteiger partial charge >= 0.3 is 0 Å². The number of hydrogen-bond acceptors (Lipinski definition) is 5. The van der Waals surface area contributed by atoms with Crippen LogP contribution in [0.4, 0.5) is 5.82 Å². The molecule has 23 heavy (non-hydrogen) atoms. The largest absolute Gasteiger partial charge is 0.360 e. The van der Waals surface area contributed by atoms with Crippen molar-refractivity contribution >= 4 is 17.6 Å². The minimum absolute atomic E-state index is 0.0207. The number of amides is 2. The number of nitrogens with zero attached hydrogens (tertiary/aromatic N) is 2.